The van der Waals surface area contributed by atoms with Gasteiger partial charge < -0.3 is 14.6 Å². The number of hydrogen-bond acceptors (Lipinski definition) is 6. The first-order valence-electron chi connectivity index (χ1n) is 8.05. The Morgan fingerprint density at radius 1 is 1.28 bits per heavy atom. The van der Waals surface area contributed by atoms with Gasteiger partial charge in [0.05, 0.1) is 0 Å². The van der Waals surface area contributed by atoms with Crippen molar-refractivity contribution in [1.29, 1.82) is 0 Å². The van der Waals surface area contributed by atoms with E-state index < -0.39 is 24.0 Å². The van der Waals surface area contributed by atoms with Gasteiger partial charge in [0, 0.05) is 12.6 Å². The molecule has 7 nitrogen and oxygen atoms in total. The molecule has 7 heteroatoms. The molecule has 0 fully saturated rings. The van der Waals surface area contributed by atoms with Crippen molar-refractivity contribution in [3.63, 3.8) is 0 Å². The number of aryl methyl sites for hydroxylation is 1. The summed E-state index contributed by atoms with van der Waals surface area (Å²) < 4.78 is 10.1. The van der Waals surface area contributed by atoms with Crippen molar-refractivity contribution in [2.75, 3.05) is 12.4 Å². The molecule has 0 spiro atoms. The van der Waals surface area contributed by atoms with Crippen LogP contribution in [0.1, 0.15) is 25.2 Å². The van der Waals surface area contributed by atoms with Crippen LogP contribution in [0, 0.1) is 6.92 Å². The maximum Gasteiger partial charge on any atom is 0.323 e. The molecule has 0 radical (unpaired) electrons. The summed E-state index contributed by atoms with van der Waals surface area (Å²) in [6, 6.07) is 10.9. The predicted molar refractivity (Wildman–Crippen MR) is 92.8 cm³/mol. The molecule has 1 heterocycles. The third-order valence-corrected chi connectivity index (χ3v) is 3.82. The van der Waals surface area contributed by atoms with Crippen molar-refractivity contribution in [3.8, 4) is 0 Å². The van der Waals surface area contributed by atoms with Crippen LogP contribution in [0.15, 0.2) is 40.9 Å². The maximum atomic E-state index is 12.3. The molecular weight excluding hydrogens is 322 g/mol. The lowest BCUT2D eigenvalue weighted by Gasteiger charge is -2.24. The molecule has 25 heavy (non-hydrogen) atoms. The molecule has 134 valence electrons. The minimum Gasteiger partial charge on any atom is -0.451 e. The average molecular weight is 345 g/mol. The molecule has 2 atom stereocenters. The van der Waals surface area contributed by atoms with Gasteiger partial charge in [-0.3, -0.25) is 14.5 Å². The molecule has 0 saturated carbocycles. The number of likely N-dealkylation sites (N-methyl/N-ethyl adjacent to an activating group) is 1. The highest BCUT2D eigenvalue weighted by atomic mass is 16.5. The van der Waals surface area contributed by atoms with Gasteiger partial charge in [-0.15, -0.1) is 0 Å². The molecule has 0 aliphatic heterocycles. The molecule has 0 aliphatic carbocycles. The van der Waals surface area contributed by atoms with Crippen LogP contribution in [0.4, 0.5) is 5.82 Å². The molecule has 2 unspecified atom stereocenters. The zero-order valence-corrected chi connectivity index (χ0v) is 14.9. The Balaban J connectivity index is 1.85. The summed E-state index contributed by atoms with van der Waals surface area (Å²) in [6.45, 7) is 5.59. The Kier molecular flexibility index (Phi) is 6.30. The summed E-state index contributed by atoms with van der Waals surface area (Å²) in [5.74, 6) is -0.0484. The van der Waals surface area contributed by atoms with E-state index in [4.69, 9.17) is 9.26 Å². The highest BCUT2D eigenvalue weighted by Crippen LogP contribution is 2.10. The number of carbonyl (C=O) groups excluding carboxylic acids is 2. The fourth-order valence-corrected chi connectivity index (χ4v) is 2.17. The van der Waals surface area contributed by atoms with E-state index in [-0.39, 0.29) is 0 Å². The number of nitrogens with one attached hydrogen (secondary N) is 1. The number of aromatic nitrogens is 1. The van der Waals surface area contributed by atoms with Gasteiger partial charge in [0.2, 0.25) is 0 Å². The van der Waals surface area contributed by atoms with E-state index in [9.17, 15) is 9.59 Å². The zero-order chi connectivity index (χ0) is 18.4. The van der Waals surface area contributed by atoms with E-state index in [0.29, 0.717) is 18.1 Å². The molecule has 0 aliphatic rings. The van der Waals surface area contributed by atoms with Crippen molar-refractivity contribution in [2.24, 2.45) is 0 Å². The Morgan fingerprint density at radius 3 is 2.56 bits per heavy atom. The number of ether oxygens (including phenoxy) is 1. The largest absolute Gasteiger partial charge is 0.451 e. The third-order valence-electron chi connectivity index (χ3n) is 3.82. The fraction of sp³-hybridized carbons (Fsp3) is 0.389. The van der Waals surface area contributed by atoms with Gasteiger partial charge in [0.1, 0.15) is 11.8 Å². The third kappa shape index (κ3) is 5.42. The summed E-state index contributed by atoms with van der Waals surface area (Å²) in [7, 11) is 1.84. The number of carbonyl (C=O) groups is 2. The minimum absolute atomic E-state index is 0.291. The molecule has 1 aromatic carbocycles. The summed E-state index contributed by atoms with van der Waals surface area (Å²) in [5, 5.41) is 6.21. The van der Waals surface area contributed by atoms with Gasteiger partial charge >= 0.3 is 5.97 Å². The van der Waals surface area contributed by atoms with Gasteiger partial charge in [-0.25, -0.2) is 0 Å². The number of benzene rings is 1. The Bertz CT molecular complexity index is 714. The van der Waals surface area contributed by atoms with E-state index in [1.165, 1.54) is 6.92 Å². The lowest BCUT2D eigenvalue weighted by Crippen LogP contribution is -2.40. The van der Waals surface area contributed by atoms with Crippen LogP contribution >= 0.6 is 0 Å². The van der Waals surface area contributed by atoms with E-state index in [0.717, 1.165) is 5.56 Å². The first-order valence-corrected chi connectivity index (χ1v) is 8.05. The van der Waals surface area contributed by atoms with Crippen molar-refractivity contribution in [1.82, 2.24) is 10.1 Å². The smallest absolute Gasteiger partial charge is 0.323 e. The average Bonchev–Trinajstić information content (AvgIpc) is 2.99. The number of esters is 1. The predicted octanol–water partition coefficient (Wildman–Crippen LogP) is 2.37. The standard InChI is InChI=1S/C18H23N3O4/c1-12-10-16(20-25-12)19-17(22)14(3)24-18(23)13(2)21(4)11-15-8-6-5-7-9-15/h5-10,13-14H,11H2,1-4H3,(H,19,20,22). The molecule has 2 aromatic rings. The first kappa shape index (κ1) is 18.7. The van der Waals surface area contributed by atoms with E-state index in [1.54, 1.807) is 19.9 Å². The molecule has 1 aromatic heterocycles. The van der Waals surface area contributed by atoms with Crippen LogP contribution in [0.25, 0.3) is 0 Å². The minimum atomic E-state index is -0.933. The molecule has 0 bridgehead atoms. The topological polar surface area (TPSA) is 84.7 Å². The number of anilines is 1. The fourth-order valence-electron chi connectivity index (χ4n) is 2.17. The second-order valence-corrected chi connectivity index (χ2v) is 5.97. The van der Waals surface area contributed by atoms with E-state index in [1.807, 2.05) is 42.3 Å². The van der Waals surface area contributed by atoms with Crippen LogP contribution in [0.3, 0.4) is 0 Å². The highest BCUT2D eigenvalue weighted by molar-refractivity contribution is 5.94. The monoisotopic (exact) mass is 345 g/mol. The second-order valence-electron chi connectivity index (χ2n) is 5.97. The zero-order valence-electron chi connectivity index (χ0n) is 14.9. The summed E-state index contributed by atoms with van der Waals surface area (Å²) in [4.78, 5) is 26.2. The van der Waals surface area contributed by atoms with Gasteiger partial charge in [0.25, 0.3) is 5.91 Å². The molecule has 1 amide bonds. The molecule has 0 saturated heterocycles. The first-order chi connectivity index (χ1) is 11.9. The van der Waals surface area contributed by atoms with Crippen molar-refractivity contribution < 1.29 is 18.8 Å². The Hall–Kier alpha value is -2.67. The Morgan fingerprint density at radius 2 is 1.96 bits per heavy atom. The van der Waals surface area contributed by atoms with Gasteiger partial charge in [0.15, 0.2) is 11.9 Å². The lowest BCUT2D eigenvalue weighted by atomic mass is 10.2. The normalized spacial score (nSPS) is 13.3. The molecular formula is C18H23N3O4. The van der Waals surface area contributed by atoms with Crippen LogP contribution in [-0.2, 0) is 20.9 Å². The van der Waals surface area contributed by atoms with Crippen LogP contribution in [-0.4, -0.2) is 41.1 Å². The number of nitrogens with zero attached hydrogens (tertiary/aromatic N) is 2. The summed E-state index contributed by atoms with van der Waals surface area (Å²) in [5.41, 5.74) is 1.09. The number of amides is 1. The Labute approximate surface area is 146 Å². The lowest BCUT2D eigenvalue weighted by molar-refractivity contribution is -0.157. The SMILES string of the molecule is Cc1cc(NC(=O)C(C)OC(=O)C(C)N(C)Cc2ccccc2)no1. The number of hydrogen-bond donors (Lipinski definition) is 1. The van der Waals surface area contributed by atoms with Crippen LogP contribution < -0.4 is 5.32 Å². The van der Waals surface area contributed by atoms with Gasteiger partial charge in [-0.2, -0.15) is 0 Å². The van der Waals surface area contributed by atoms with Gasteiger partial charge in [-0.1, -0.05) is 35.5 Å². The van der Waals surface area contributed by atoms with Crippen molar-refractivity contribution >= 4 is 17.7 Å². The second kappa shape index (κ2) is 8.43. The molecule has 2 rings (SSSR count). The highest BCUT2D eigenvalue weighted by Gasteiger charge is 2.25. The van der Waals surface area contributed by atoms with Crippen LogP contribution in [0.5, 0.6) is 0 Å². The van der Waals surface area contributed by atoms with E-state index in [2.05, 4.69) is 10.5 Å². The maximum absolute atomic E-state index is 12.3. The molecule has 1 N–H and O–H groups in total. The summed E-state index contributed by atoms with van der Waals surface area (Å²) >= 11 is 0. The van der Waals surface area contributed by atoms with Gasteiger partial charge in [-0.05, 0) is 33.4 Å². The summed E-state index contributed by atoms with van der Waals surface area (Å²) in [6.07, 6.45) is -0.933. The van der Waals surface area contributed by atoms with Crippen molar-refractivity contribution in [2.45, 2.75) is 39.5 Å². The number of rotatable bonds is 7. The van der Waals surface area contributed by atoms with Crippen LogP contribution in [0.2, 0.25) is 0 Å². The van der Waals surface area contributed by atoms with E-state index >= 15 is 0 Å². The van der Waals surface area contributed by atoms with Crippen molar-refractivity contribution in [3.05, 3.63) is 47.7 Å². The quantitative estimate of drug-likeness (QED) is 0.776.